The van der Waals surface area contributed by atoms with Crippen LogP contribution < -0.4 is 0 Å². The lowest BCUT2D eigenvalue weighted by molar-refractivity contribution is -0.131. The minimum absolute atomic E-state index is 0.194. The lowest BCUT2D eigenvalue weighted by atomic mass is 10.0. The van der Waals surface area contributed by atoms with Gasteiger partial charge < -0.3 is 9.30 Å². The van der Waals surface area contributed by atoms with Crippen molar-refractivity contribution in [1.29, 1.82) is 0 Å². The van der Waals surface area contributed by atoms with Crippen molar-refractivity contribution >= 4 is 11.6 Å². The summed E-state index contributed by atoms with van der Waals surface area (Å²) in [7, 11) is 0. The number of nitrogens with zero attached hydrogens (tertiary/aromatic N) is 3. The fraction of sp³-hybridized carbons (Fsp3) is 0.333. The van der Waals surface area contributed by atoms with Gasteiger partial charge in [0.25, 0.3) is 0 Å². The van der Waals surface area contributed by atoms with Crippen molar-refractivity contribution in [2.24, 2.45) is 0 Å². The molecule has 1 atom stereocenters. The number of imidazole rings is 1. The van der Waals surface area contributed by atoms with Crippen molar-refractivity contribution in [2.75, 3.05) is 6.54 Å². The second-order valence-electron chi connectivity index (χ2n) is 6.90. The Morgan fingerprint density at radius 3 is 2.84 bits per heavy atom. The van der Waals surface area contributed by atoms with Gasteiger partial charge in [-0.05, 0) is 43.4 Å². The summed E-state index contributed by atoms with van der Waals surface area (Å²) in [6.07, 6.45) is 7.46. The van der Waals surface area contributed by atoms with Crippen molar-refractivity contribution in [1.82, 2.24) is 14.3 Å². The van der Waals surface area contributed by atoms with E-state index in [0.717, 1.165) is 42.7 Å². The number of amides is 1. The molecule has 25 heavy (non-hydrogen) atoms. The average Bonchev–Trinajstić information content (AvgIpc) is 3.23. The Morgan fingerprint density at radius 1 is 1.20 bits per heavy atom. The molecule has 128 valence electrons. The molecule has 0 saturated carbocycles. The highest BCUT2D eigenvalue weighted by atomic mass is 16.2. The van der Waals surface area contributed by atoms with Gasteiger partial charge in [-0.2, -0.15) is 0 Å². The molecule has 0 N–H and O–H groups in total. The molecule has 1 aliphatic rings. The minimum atomic E-state index is 0.194. The van der Waals surface area contributed by atoms with Crippen LogP contribution in [-0.4, -0.2) is 32.8 Å². The fourth-order valence-electron chi connectivity index (χ4n) is 3.81. The van der Waals surface area contributed by atoms with Gasteiger partial charge in [0.05, 0.1) is 12.1 Å². The summed E-state index contributed by atoms with van der Waals surface area (Å²) >= 11 is 0. The zero-order chi connectivity index (χ0) is 17.2. The molecule has 4 nitrogen and oxygen atoms in total. The maximum atomic E-state index is 12.9. The van der Waals surface area contributed by atoms with Gasteiger partial charge in [0, 0.05) is 25.0 Å². The molecule has 0 unspecified atom stereocenters. The first-order chi connectivity index (χ1) is 12.2. The number of hydrogen-bond donors (Lipinski definition) is 0. The van der Waals surface area contributed by atoms with E-state index >= 15 is 0 Å². The number of aromatic nitrogens is 2. The molecule has 1 fully saturated rings. The predicted molar refractivity (Wildman–Crippen MR) is 98.5 cm³/mol. The van der Waals surface area contributed by atoms with Crippen molar-refractivity contribution in [3.63, 3.8) is 0 Å². The van der Waals surface area contributed by atoms with Gasteiger partial charge in [0.1, 0.15) is 5.65 Å². The Balaban J connectivity index is 1.48. The summed E-state index contributed by atoms with van der Waals surface area (Å²) in [5.41, 5.74) is 4.22. The summed E-state index contributed by atoms with van der Waals surface area (Å²) in [5.74, 6) is 0.194. The number of carbonyl (C=O) groups excluding carboxylic acids is 1. The van der Waals surface area contributed by atoms with E-state index in [9.17, 15) is 4.79 Å². The van der Waals surface area contributed by atoms with E-state index < -0.39 is 0 Å². The molecule has 1 amide bonds. The van der Waals surface area contributed by atoms with E-state index in [1.54, 1.807) is 0 Å². The summed E-state index contributed by atoms with van der Waals surface area (Å²) in [4.78, 5) is 19.6. The topological polar surface area (TPSA) is 37.6 Å². The molecular weight excluding hydrogens is 310 g/mol. The van der Waals surface area contributed by atoms with Crippen LogP contribution in [0.15, 0.2) is 54.9 Å². The molecule has 0 aliphatic carbocycles. The molecule has 1 aromatic carbocycles. The third-order valence-corrected chi connectivity index (χ3v) is 5.07. The first-order valence-corrected chi connectivity index (χ1v) is 8.97. The third kappa shape index (κ3) is 3.29. The number of hydrogen-bond acceptors (Lipinski definition) is 2. The largest absolute Gasteiger partial charge is 0.339 e. The maximum Gasteiger partial charge on any atom is 0.228 e. The summed E-state index contributed by atoms with van der Waals surface area (Å²) in [5, 5.41) is 0. The number of benzene rings is 1. The highest BCUT2D eigenvalue weighted by molar-refractivity contribution is 5.79. The monoisotopic (exact) mass is 333 g/mol. The Bertz CT molecular complexity index is 885. The van der Waals surface area contributed by atoms with E-state index in [1.165, 1.54) is 5.56 Å². The highest BCUT2D eigenvalue weighted by Gasteiger charge is 2.29. The smallest absolute Gasteiger partial charge is 0.228 e. The molecule has 0 bridgehead atoms. The van der Waals surface area contributed by atoms with Gasteiger partial charge in [-0.25, -0.2) is 4.98 Å². The van der Waals surface area contributed by atoms with Gasteiger partial charge in [0.2, 0.25) is 5.91 Å². The number of rotatable bonds is 4. The minimum Gasteiger partial charge on any atom is -0.339 e. The third-order valence-electron chi connectivity index (χ3n) is 5.07. The SMILES string of the molecule is Cc1cccn2cc(CC(=O)N3CCC[C@H]3Cc3ccccc3)nc12. The number of pyridine rings is 1. The van der Waals surface area contributed by atoms with Crippen LogP contribution in [0.1, 0.15) is 29.7 Å². The second-order valence-corrected chi connectivity index (χ2v) is 6.90. The van der Waals surface area contributed by atoms with E-state index in [-0.39, 0.29) is 5.91 Å². The number of aryl methyl sites for hydroxylation is 1. The Kier molecular flexibility index (Phi) is 4.26. The van der Waals surface area contributed by atoms with E-state index in [4.69, 9.17) is 0 Å². The van der Waals surface area contributed by atoms with Gasteiger partial charge in [-0.1, -0.05) is 36.4 Å². The zero-order valence-corrected chi connectivity index (χ0v) is 14.6. The molecule has 1 saturated heterocycles. The van der Waals surface area contributed by atoms with Crippen LogP contribution in [0, 0.1) is 6.92 Å². The summed E-state index contributed by atoms with van der Waals surface area (Å²) < 4.78 is 2.00. The first kappa shape index (κ1) is 15.9. The first-order valence-electron chi connectivity index (χ1n) is 8.97. The van der Waals surface area contributed by atoms with Crippen LogP contribution in [0.2, 0.25) is 0 Å². The number of fused-ring (bicyclic) bond motifs is 1. The van der Waals surface area contributed by atoms with E-state index in [2.05, 4.69) is 34.1 Å². The van der Waals surface area contributed by atoms with Crippen LogP contribution in [0.5, 0.6) is 0 Å². The van der Waals surface area contributed by atoms with Crippen molar-refractivity contribution in [2.45, 2.75) is 38.6 Å². The Labute approximate surface area is 148 Å². The summed E-state index contributed by atoms with van der Waals surface area (Å²) in [6, 6.07) is 14.8. The number of likely N-dealkylation sites (tertiary alicyclic amines) is 1. The molecule has 4 heteroatoms. The van der Waals surface area contributed by atoms with Crippen LogP contribution in [0.3, 0.4) is 0 Å². The Hall–Kier alpha value is -2.62. The summed E-state index contributed by atoms with van der Waals surface area (Å²) in [6.45, 7) is 2.91. The van der Waals surface area contributed by atoms with Gasteiger partial charge in [-0.15, -0.1) is 0 Å². The predicted octanol–water partition coefficient (Wildman–Crippen LogP) is 3.42. The van der Waals surface area contributed by atoms with E-state index in [0.29, 0.717) is 12.5 Å². The van der Waals surface area contributed by atoms with Gasteiger partial charge in [0.15, 0.2) is 0 Å². The standard InChI is InChI=1S/C21H23N3O/c1-16-7-5-11-23-15-18(22-21(16)23)14-20(25)24-12-6-10-19(24)13-17-8-3-2-4-9-17/h2-5,7-9,11,15,19H,6,10,12-14H2,1H3/t19-/m0/s1. The second kappa shape index (κ2) is 6.71. The molecule has 2 aromatic heterocycles. The molecule has 1 aliphatic heterocycles. The van der Waals surface area contributed by atoms with Gasteiger partial charge in [-0.3, -0.25) is 4.79 Å². The van der Waals surface area contributed by atoms with Crippen molar-refractivity contribution < 1.29 is 4.79 Å². The average molecular weight is 333 g/mol. The molecule has 3 heterocycles. The van der Waals surface area contributed by atoms with Crippen molar-refractivity contribution in [3.05, 3.63) is 71.7 Å². The number of carbonyl (C=O) groups is 1. The molecular formula is C21H23N3O. The molecule has 0 radical (unpaired) electrons. The van der Waals surface area contributed by atoms with Gasteiger partial charge >= 0.3 is 0 Å². The Morgan fingerprint density at radius 2 is 2.04 bits per heavy atom. The molecule has 0 spiro atoms. The maximum absolute atomic E-state index is 12.9. The lowest BCUT2D eigenvalue weighted by Gasteiger charge is -2.24. The molecule has 3 aromatic rings. The lowest BCUT2D eigenvalue weighted by Crippen LogP contribution is -2.37. The van der Waals surface area contributed by atoms with Crippen LogP contribution in [-0.2, 0) is 17.6 Å². The normalized spacial score (nSPS) is 17.3. The molecule has 4 rings (SSSR count). The zero-order valence-electron chi connectivity index (χ0n) is 14.6. The van der Waals surface area contributed by atoms with Crippen LogP contribution >= 0.6 is 0 Å². The van der Waals surface area contributed by atoms with E-state index in [1.807, 2.05) is 41.9 Å². The quantitative estimate of drug-likeness (QED) is 0.734. The van der Waals surface area contributed by atoms with Crippen LogP contribution in [0.4, 0.5) is 0 Å². The highest BCUT2D eigenvalue weighted by Crippen LogP contribution is 2.22. The fourth-order valence-corrected chi connectivity index (χ4v) is 3.81. The van der Waals surface area contributed by atoms with Crippen molar-refractivity contribution in [3.8, 4) is 0 Å². The van der Waals surface area contributed by atoms with Crippen LogP contribution in [0.25, 0.3) is 5.65 Å².